The third-order valence-electron chi connectivity index (χ3n) is 3.98. The van der Waals surface area contributed by atoms with E-state index in [-0.39, 0.29) is 30.2 Å². The summed E-state index contributed by atoms with van der Waals surface area (Å²) in [5.74, 6) is 0.170. The smallest absolute Gasteiger partial charge is 0.333 e. The van der Waals surface area contributed by atoms with Crippen molar-refractivity contribution < 1.29 is 26.9 Å². The molecule has 0 radical (unpaired) electrons. The van der Waals surface area contributed by atoms with E-state index in [1.54, 1.807) is 48.5 Å². The van der Waals surface area contributed by atoms with Crippen LogP contribution in [0.4, 0.5) is 4.79 Å². The molecule has 2 aromatic carbocycles. The van der Waals surface area contributed by atoms with Gasteiger partial charge < -0.3 is 4.74 Å². The van der Waals surface area contributed by atoms with Crippen LogP contribution in [0.3, 0.4) is 0 Å². The molecule has 3 rings (SSSR count). The zero-order valence-corrected chi connectivity index (χ0v) is 18.5. The molecule has 1 heterocycles. The number of halogens is 2. The van der Waals surface area contributed by atoms with Crippen LogP contribution in [-0.4, -0.2) is 31.4 Å². The summed E-state index contributed by atoms with van der Waals surface area (Å²) in [6, 6.07) is 13.4. The van der Waals surface area contributed by atoms with Gasteiger partial charge in [-0.2, -0.15) is 8.42 Å². The molecular formula is C18H18Cl2N2O6S2. The van der Waals surface area contributed by atoms with Crippen molar-refractivity contribution in [3.63, 3.8) is 0 Å². The number of amides is 2. The third-order valence-corrected chi connectivity index (χ3v) is 5.70. The molecule has 162 valence electrons. The van der Waals surface area contributed by atoms with Crippen LogP contribution >= 0.6 is 35.8 Å². The average molecular weight is 493 g/mol. The highest BCUT2D eigenvalue weighted by atomic mass is 35.5. The van der Waals surface area contributed by atoms with Crippen LogP contribution in [0.5, 0.6) is 5.75 Å². The Morgan fingerprint density at radius 2 is 1.87 bits per heavy atom. The molecule has 1 aliphatic rings. The van der Waals surface area contributed by atoms with Gasteiger partial charge in [-0.15, -0.1) is 12.4 Å². The van der Waals surface area contributed by atoms with E-state index in [4.69, 9.17) is 25.7 Å². The van der Waals surface area contributed by atoms with Gasteiger partial charge in [0, 0.05) is 5.02 Å². The highest BCUT2D eigenvalue weighted by Crippen LogP contribution is 2.26. The Morgan fingerprint density at radius 1 is 1.17 bits per heavy atom. The fourth-order valence-electron chi connectivity index (χ4n) is 2.68. The maximum absolute atomic E-state index is 11.6. The van der Waals surface area contributed by atoms with Crippen LogP contribution in [0.25, 0.3) is 0 Å². The van der Waals surface area contributed by atoms with Gasteiger partial charge in [0.1, 0.15) is 18.5 Å². The summed E-state index contributed by atoms with van der Waals surface area (Å²) in [6.45, 7) is -0.120. The van der Waals surface area contributed by atoms with Crippen molar-refractivity contribution in [2.75, 3.05) is 6.61 Å². The number of thioether (sulfide) groups is 1. The molecule has 1 fully saturated rings. The lowest BCUT2D eigenvalue weighted by molar-refractivity contribution is -0.118. The number of ether oxygens (including phenoxy) is 1. The fraction of sp³-hybridized carbons (Fsp3) is 0.222. The highest BCUT2D eigenvalue weighted by molar-refractivity contribution is 8.15. The number of nitrogens with one attached hydrogen (secondary N) is 1. The first kappa shape index (κ1) is 24.4. The number of carbonyl (C=O) groups excluding carboxylic acids is 2. The molecule has 30 heavy (non-hydrogen) atoms. The van der Waals surface area contributed by atoms with Gasteiger partial charge in [0.15, 0.2) is 0 Å². The topological polar surface area (TPSA) is 125 Å². The van der Waals surface area contributed by atoms with Crippen molar-refractivity contribution in [2.45, 2.75) is 17.8 Å². The maximum atomic E-state index is 11.6. The second-order valence-electron chi connectivity index (χ2n) is 6.17. The van der Waals surface area contributed by atoms with E-state index < -0.39 is 21.7 Å². The molecule has 0 bridgehead atoms. The van der Waals surface area contributed by atoms with Crippen LogP contribution in [0.2, 0.25) is 5.02 Å². The summed E-state index contributed by atoms with van der Waals surface area (Å²) < 4.78 is 33.3. The Hall–Kier alpha value is -1.82. The lowest BCUT2D eigenvalue weighted by atomic mass is 10.1. The molecule has 0 aliphatic carbocycles. The number of hydrogen-bond acceptors (Lipinski definition) is 7. The van der Waals surface area contributed by atoms with Crippen LogP contribution in [0.15, 0.2) is 48.5 Å². The van der Waals surface area contributed by atoms with Gasteiger partial charge in [-0.1, -0.05) is 47.6 Å². The molecule has 1 aliphatic heterocycles. The number of hydrogen-bond donors (Lipinski definition) is 2. The van der Waals surface area contributed by atoms with E-state index in [9.17, 15) is 18.0 Å². The predicted molar refractivity (Wildman–Crippen MR) is 116 cm³/mol. The van der Waals surface area contributed by atoms with E-state index in [0.717, 1.165) is 17.3 Å². The minimum absolute atomic E-state index is 0. The van der Waals surface area contributed by atoms with Gasteiger partial charge in [0.2, 0.25) is 5.91 Å². The van der Waals surface area contributed by atoms with Crippen molar-refractivity contribution in [1.82, 2.24) is 5.32 Å². The molecule has 3 N–H and O–H groups in total. The van der Waals surface area contributed by atoms with Gasteiger partial charge >= 0.3 is 10.3 Å². The fourth-order valence-corrected chi connectivity index (χ4v) is 4.23. The standard InChI is InChI=1S/C18H17ClN2O6S2.ClH/c19-13-3-1-2-12(9-13)15(27-29(20,24)25)10-26-14-6-4-11(5-7-14)8-16-17(22)21-18(23)28-16;/h1-7,9,15-16H,8,10H2,(H2,20,24,25)(H,21,22,23);1H. The summed E-state index contributed by atoms with van der Waals surface area (Å²) >= 11 is 6.92. The predicted octanol–water partition coefficient (Wildman–Crippen LogP) is 3.00. The lowest BCUT2D eigenvalue weighted by Gasteiger charge is -2.18. The van der Waals surface area contributed by atoms with Gasteiger partial charge in [0.25, 0.3) is 5.24 Å². The molecule has 0 spiro atoms. The summed E-state index contributed by atoms with van der Waals surface area (Å²) in [5.41, 5.74) is 1.35. The number of carbonyl (C=O) groups is 2. The van der Waals surface area contributed by atoms with Crippen LogP contribution in [-0.2, 0) is 25.7 Å². The second kappa shape index (κ2) is 10.5. The molecular weight excluding hydrogens is 475 g/mol. The van der Waals surface area contributed by atoms with Crippen LogP contribution in [0, 0.1) is 0 Å². The van der Waals surface area contributed by atoms with E-state index in [2.05, 4.69) is 5.32 Å². The van der Waals surface area contributed by atoms with Crippen molar-refractivity contribution >= 4 is 57.2 Å². The molecule has 0 saturated carbocycles. The Morgan fingerprint density at radius 3 is 2.43 bits per heavy atom. The molecule has 2 aromatic rings. The minimum Gasteiger partial charge on any atom is -0.490 e. The largest absolute Gasteiger partial charge is 0.490 e. The average Bonchev–Trinajstić information content (AvgIpc) is 2.96. The van der Waals surface area contributed by atoms with E-state index in [1.807, 2.05) is 0 Å². The number of imide groups is 1. The zero-order valence-electron chi connectivity index (χ0n) is 15.3. The van der Waals surface area contributed by atoms with Gasteiger partial charge in [0.05, 0.1) is 5.25 Å². The molecule has 12 heteroatoms. The molecule has 2 atom stereocenters. The lowest BCUT2D eigenvalue weighted by Crippen LogP contribution is -2.25. The molecule has 2 amide bonds. The Kier molecular flexibility index (Phi) is 8.53. The van der Waals surface area contributed by atoms with Crippen LogP contribution in [0.1, 0.15) is 17.2 Å². The molecule has 0 aromatic heterocycles. The normalized spacial score (nSPS) is 17.2. The first-order valence-electron chi connectivity index (χ1n) is 8.39. The first-order chi connectivity index (χ1) is 13.7. The summed E-state index contributed by atoms with van der Waals surface area (Å²) in [5, 5.41) is 6.87. The summed E-state index contributed by atoms with van der Waals surface area (Å²) in [4.78, 5) is 22.9. The van der Waals surface area contributed by atoms with Gasteiger partial charge in [-0.25, -0.2) is 9.32 Å². The van der Waals surface area contributed by atoms with E-state index >= 15 is 0 Å². The molecule has 1 saturated heterocycles. The van der Waals surface area contributed by atoms with E-state index in [1.165, 1.54) is 0 Å². The van der Waals surface area contributed by atoms with Crippen molar-refractivity contribution in [3.05, 3.63) is 64.7 Å². The number of nitrogens with two attached hydrogens (primary N) is 1. The SMILES string of the molecule is Cl.NS(=O)(=O)OC(COc1ccc(CC2SC(=O)NC2=O)cc1)c1cccc(Cl)c1. The molecule has 2 unspecified atom stereocenters. The summed E-state index contributed by atoms with van der Waals surface area (Å²) in [6.07, 6.45) is -0.574. The summed E-state index contributed by atoms with van der Waals surface area (Å²) in [7, 11) is -4.21. The van der Waals surface area contributed by atoms with Gasteiger partial charge in [-0.3, -0.25) is 14.9 Å². The first-order valence-corrected chi connectivity index (χ1v) is 11.1. The van der Waals surface area contributed by atoms with Crippen molar-refractivity contribution in [1.29, 1.82) is 0 Å². The number of benzene rings is 2. The van der Waals surface area contributed by atoms with Crippen molar-refractivity contribution in [3.8, 4) is 5.75 Å². The highest BCUT2D eigenvalue weighted by Gasteiger charge is 2.31. The second-order valence-corrected chi connectivity index (χ2v) is 8.96. The quantitative estimate of drug-likeness (QED) is 0.579. The third kappa shape index (κ3) is 7.15. The Balaban J connectivity index is 0.00000320. The zero-order chi connectivity index (χ0) is 21.0. The Bertz CT molecular complexity index is 1020. The van der Waals surface area contributed by atoms with Crippen molar-refractivity contribution in [2.24, 2.45) is 5.14 Å². The monoisotopic (exact) mass is 492 g/mol. The van der Waals surface area contributed by atoms with Crippen LogP contribution < -0.4 is 15.2 Å². The maximum Gasteiger partial charge on any atom is 0.333 e. The van der Waals surface area contributed by atoms with Gasteiger partial charge in [-0.05, 0) is 41.8 Å². The Labute approximate surface area is 189 Å². The number of rotatable bonds is 8. The molecule has 8 nitrogen and oxygen atoms in total. The minimum atomic E-state index is -4.21. The van der Waals surface area contributed by atoms with E-state index in [0.29, 0.717) is 22.8 Å².